The summed E-state index contributed by atoms with van der Waals surface area (Å²) in [7, 11) is 0. The lowest BCUT2D eigenvalue weighted by Crippen LogP contribution is -2.12. The van der Waals surface area contributed by atoms with Crippen molar-refractivity contribution in [1.29, 1.82) is 0 Å². The van der Waals surface area contributed by atoms with Crippen LogP contribution in [-0.4, -0.2) is 10.1 Å². The summed E-state index contributed by atoms with van der Waals surface area (Å²) >= 11 is 0. The van der Waals surface area contributed by atoms with Crippen molar-refractivity contribution < 1.29 is 9.84 Å². The molecule has 1 N–H and O–H groups in total. The Balaban J connectivity index is 2.33. The predicted octanol–water partition coefficient (Wildman–Crippen LogP) is 4.22. The lowest BCUT2D eigenvalue weighted by molar-refractivity contribution is 0.198. The molecule has 0 bridgehead atoms. The van der Waals surface area contributed by atoms with Crippen molar-refractivity contribution >= 4 is 0 Å². The molecule has 3 nitrogen and oxygen atoms in total. The first-order valence-electron chi connectivity index (χ1n) is 6.79. The topological polar surface area (TPSA) is 42.4 Å². The van der Waals surface area contributed by atoms with Gasteiger partial charge in [0.05, 0.1) is 6.10 Å². The molecule has 1 unspecified atom stereocenters. The van der Waals surface area contributed by atoms with Gasteiger partial charge in [-0.1, -0.05) is 39.0 Å². The highest BCUT2D eigenvalue weighted by molar-refractivity contribution is 5.40. The molecule has 0 spiro atoms. The highest BCUT2D eigenvalue weighted by atomic mass is 16.5. The molecule has 0 aliphatic heterocycles. The van der Waals surface area contributed by atoms with Crippen molar-refractivity contribution in [2.75, 3.05) is 0 Å². The number of nitrogens with zero attached hydrogens (tertiary/aromatic N) is 1. The van der Waals surface area contributed by atoms with Crippen molar-refractivity contribution in [3.8, 4) is 11.6 Å². The lowest BCUT2D eigenvalue weighted by Gasteiger charge is -2.22. The van der Waals surface area contributed by atoms with E-state index in [0.717, 1.165) is 16.9 Å². The molecule has 1 heterocycles. The Labute approximate surface area is 120 Å². The Hall–Kier alpha value is -1.87. The fourth-order valence-electron chi connectivity index (χ4n) is 2.03. The average Bonchev–Trinajstić information content (AvgIpc) is 2.38. The Bertz CT molecular complexity index is 586. The minimum absolute atomic E-state index is 0.00151. The molecule has 0 aliphatic carbocycles. The van der Waals surface area contributed by atoms with Crippen LogP contribution in [0.5, 0.6) is 11.6 Å². The maximum atomic E-state index is 9.61. The Morgan fingerprint density at radius 3 is 2.50 bits per heavy atom. The van der Waals surface area contributed by atoms with Gasteiger partial charge in [-0.05, 0) is 30.0 Å². The van der Waals surface area contributed by atoms with Crippen LogP contribution in [0.1, 0.15) is 44.9 Å². The van der Waals surface area contributed by atoms with Crippen LogP contribution in [0, 0.1) is 0 Å². The first-order valence-corrected chi connectivity index (χ1v) is 6.79. The fourth-order valence-corrected chi connectivity index (χ4v) is 2.03. The molecule has 20 heavy (non-hydrogen) atoms. The molecular formula is C17H21NO2. The molecule has 106 valence electrons. The number of aliphatic hydroxyl groups excluding tert-OH is 1. The van der Waals surface area contributed by atoms with E-state index < -0.39 is 6.10 Å². The zero-order valence-corrected chi connectivity index (χ0v) is 12.4. The summed E-state index contributed by atoms with van der Waals surface area (Å²) in [6.45, 7) is 8.17. The molecule has 0 amide bonds. The number of pyridine rings is 1. The molecule has 0 saturated heterocycles. The number of rotatable bonds is 3. The molecule has 0 aliphatic rings. The lowest BCUT2D eigenvalue weighted by atomic mass is 9.86. The van der Waals surface area contributed by atoms with Crippen LogP contribution >= 0.6 is 0 Å². The monoisotopic (exact) mass is 271 g/mol. The molecule has 1 atom stereocenters. The summed E-state index contributed by atoms with van der Waals surface area (Å²) in [4.78, 5) is 4.21. The molecule has 2 aromatic rings. The van der Waals surface area contributed by atoms with Crippen molar-refractivity contribution in [2.45, 2.75) is 39.2 Å². The summed E-state index contributed by atoms with van der Waals surface area (Å²) in [6, 6.07) is 11.5. The van der Waals surface area contributed by atoms with Gasteiger partial charge in [0.2, 0.25) is 5.88 Å². The summed E-state index contributed by atoms with van der Waals surface area (Å²) < 4.78 is 5.90. The van der Waals surface area contributed by atoms with Gasteiger partial charge in [-0.15, -0.1) is 0 Å². The summed E-state index contributed by atoms with van der Waals surface area (Å²) in [5.41, 5.74) is 1.92. The molecular weight excluding hydrogens is 250 g/mol. The van der Waals surface area contributed by atoms with Gasteiger partial charge in [0, 0.05) is 17.8 Å². The van der Waals surface area contributed by atoms with E-state index in [1.165, 1.54) is 0 Å². The van der Waals surface area contributed by atoms with Crippen LogP contribution in [0.2, 0.25) is 0 Å². The normalized spacial score (nSPS) is 13.1. The van der Waals surface area contributed by atoms with E-state index in [0.29, 0.717) is 5.88 Å². The van der Waals surface area contributed by atoms with Crippen LogP contribution in [-0.2, 0) is 5.41 Å². The van der Waals surface area contributed by atoms with Gasteiger partial charge < -0.3 is 9.84 Å². The maximum absolute atomic E-state index is 9.61. The number of aliphatic hydroxyl groups is 1. The van der Waals surface area contributed by atoms with Crippen molar-refractivity contribution in [1.82, 2.24) is 4.98 Å². The zero-order chi connectivity index (χ0) is 14.8. The fraction of sp³-hybridized carbons (Fsp3) is 0.353. The van der Waals surface area contributed by atoms with Crippen molar-refractivity contribution in [3.63, 3.8) is 0 Å². The molecule has 1 aromatic carbocycles. The number of aromatic nitrogens is 1. The van der Waals surface area contributed by atoms with Crippen molar-refractivity contribution in [3.05, 3.63) is 53.7 Å². The summed E-state index contributed by atoms with van der Waals surface area (Å²) in [5, 5.41) is 9.61. The van der Waals surface area contributed by atoms with E-state index in [-0.39, 0.29) is 5.41 Å². The quantitative estimate of drug-likeness (QED) is 0.908. The van der Waals surface area contributed by atoms with E-state index >= 15 is 0 Å². The van der Waals surface area contributed by atoms with Gasteiger partial charge in [-0.25, -0.2) is 4.98 Å². The van der Waals surface area contributed by atoms with E-state index in [2.05, 4.69) is 31.8 Å². The first-order chi connectivity index (χ1) is 9.38. The van der Waals surface area contributed by atoms with Crippen LogP contribution in [0.25, 0.3) is 0 Å². The molecule has 1 aromatic heterocycles. The third-order valence-electron chi connectivity index (χ3n) is 3.15. The van der Waals surface area contributed by atoms with Gasteiger partial charge >= 0.3 is 0 Å². The predicted molar refractivity (Wildman–Crippen MR) is 80.1 cm³/mol. The summed E-state index contributed by atoms with van der Waals surface area (Å²) in [6.07, 6.45) is 1.12. The number of para-hydroxylation sites is 1. The largest absolute Gasteiger partial charge is 0.439 e. The van der Waals surface area contributed by atoms with E-state index in [1.807, 2.05) is 18.2 Å². The van der Waals surface area contributed by atoms with Gasteiger partial charge in [0.15, 0.2) is 0 Å². The highest BCUT2D eigenvalue weighted by Gasteiger charge is 2.19. The minimum atomic E-state index is -0.529. The smallest absolute Gasteiger partial charge is 0.219 e. The average molecular weight is 271 g/mol. The second-order valence-corrected chi connectivity index (χ2v) is 5.95. The third kappa shape index (κ3) is 3.36. The van der Waals surface area contributed by atoms with Crippen LogP contribution < -0.4 is 4.74 Å². The standard InChI is InChI=1S/C17H21NO2/c1-12(19)13-9-10-18-16(11-13)20-15-8-6-5-7-14(15)17(2,3)4/h5-12,19H,1-4H3. The van der Waals surface area contributed by atoms with Gasteiger partial charge in [0.25, 0.3) is 0 Å². The molecule has 3 heteroatoms. The van der Waals surface area contributed by atoms with Crippen LogP contribution in [0.4, 0.5) is 0 Å². The Morgan fingerprint density at radius 2 is 1.85 bits per heavy atom. The number of hydrogen-bond acceptors (Lipinski definition) is 3. The maximum Gasteiger partial charge on any atom is 0.219 e. The van der Waals surface area contributed by atoms with E-state index in [4.69, 9.17) is 4.74 Å². The van der Waals surface area contributed by atoms with Crippen molar-refractivity contribution in [2.24, 2.45) is 0 Å². The SMILES string of the molecule is CC(O)c1ccnc(Oc2ccccc2C(C)(C)C)c1. The summed E-state index contributed by atoms with van der Waals surface area (Å²) in [5.74, 6) is 1.30. The first kappa shape index (κ1) is 14.5. The second kappa shape index (κ2) is 5.63. The molecule has 0 saturated carbocycles. The molecule has 0 radical (unpaired) electrons. The van der Waals surface area contributed by atoms with Crippen LogP contribution in [0.3, 0.4) is 0 Å². The van der Waals surface area contributed by atoms with Gasteiger partial charge in [-0.2, -0.15) is 0 Å². The second-order valence-electron chi connectivity index (χ2n) is 5.95. The molecule has 0 fully saturated rings. The highest BCUT2D eigenvalue weighted by Crippen LogP contribution is 2.33. The van der Waals surface area contributed by atoms with E-state index in [9.17, 15) is 5.11 Å². The molecule has 2 rings (SSSR count). The number of benzene rings is 1. The zero-order valence-electron chi connectivity index (χ0n) is 12.4. The minimum Gasteiger partial charge on any atom is -0.439 e. The van der Waals surface area contributed by atoms with Crippen LogP contribution in [0.15, 0.2) is 42.6 Å². The van der Waals surface area contributed by atoms with Gasteiger partial charge in [0.1, 0.15) is 5.75 Å². The Kier molecular flexibility index (Phi) is 4.09. The number of ether oxygens (including phenoxy) is 1. The van der Waals surface area contributed by atoms with Gasteiger partial charge in [-0.3, -0.25) is 0 Å². The van der Waals surface area contributed by atoms with E-state index in [1.54, 1.807) is 25.3 Å². The third-order valence-corrected chi connectivity index (χ3v) is 3.15. The Morgan fingerprint density at radius 1 is 1.15 bits per heavy atom. The number of hydrogen-bond donors (Lipinski definition) is 1.